The van der Waals surface area contributed by atoms with Crippen LogP contribution in [0.1, 0.15) is 11.1 Å². The highest BCUT2D eigenvalue weighted by Crippen LogP contribution is 2.26. The molecule has 3 rings (SSSR count). The van der Waals surface area contributed by atoms with Crippen molar-refractivity contribution in [1.29, 1.82) is 0 Å². The molecule has 0 radical (unpaired) electrons. The number of benzene rings is 2. The van der Waals surface area contributed by atoms with Crippen LogP contribution in [0.25, 0.3) is 12.2 Å². The van der Waals surface area contributed by atoms with Gasteiger partial charge in [0.05, 0.1) is 21.4 Å². The molecule has 1 fully saturated rings. The number of nitro groups is 2. The number of nitro benzene ring substituents is 2. The van der Waals surface area contributed by atoms with E-state index in [4.69, 9.17) is 12.2 Å². The zero-order chi connectivity index (χ0) is 21.2. The van der Waals surface area contributed by atoms with E-state index in [-0.39, 0.29) is 22.9 Å². The van der Waals surface area contributed by atoms with Crippen LogP contribution in [0.3, 0.4) is 0 Å². The Hall–Kier alpha value is -3.24. The fourth-order valence-corrected chi connectivity index (χ4v) is 4.81. The summed E-state index contributed by atoms with van der Waals surface area (Å²) in [6.07, 6.45) is 3.21. The molecule has 0 saturated carbocycles. The van der Waals surface area contributed by atoms with Crippen LogP contribution in [0.15, 0.2) is 59.7 Å². The molecule has 0 N–H and O–H groups in total. The minimum Gasteiger partial charge on any atom is -0.258 e. The van der Waals surface area contributed by atoms with E-state index < -0.39 is 19.7 Å². The molecule has 0 amide bonds. The monoisotopic (exact) mass is 430 g/mol. The molecule has 0 spiro atoms. The van der Waals surface area contributed by atoms with Gasteiger partial charge in [0.2, 0.25) is 0 Å². The van der Waals surface area contributed by atoms with E-state index in [2.05, 4.69) is 0 Å². The van der Waals surface area contributed by atoms with Crippen molar-refractivity contribution in [2.75, 3.05) is 11.5 Å². The van der Waals surface area contributed by atoms with Crippen molar-refractivity contribution in [1.82, 2.24) is 0 Å². The van der Waals surface area contributed by atoms with Crippen molar-refractivity contribution in [2.24, 2.45) is 0 Å². The van der Waals surface area contributed by atoms with Crippen LogP contribution in [0.5, 0.6) is 0 Å². The molecule has 0 unspecified atom stereocenters. The smallest absolute Gasteiger partial charge is 0.258 e. The topological polar surface area (TPSA) is 120 Å². The molecule has 1 saturated heterocycles. The third kappa shape index (κ3) is 4.98. The summed E-state index contributed by atoms with van der Waals surface area (Å²) >= 11 is 5.47. The lowest BCUT2D eigenvalue weighted by Gasteiger charge is -2.20. The number of thiocarbonyl (C=S) groups is 1. The summed E-state index contributed by atoms with van der Waals surface area (Å²) < 4.78 is 24.7. The van der Waals surface area contributed by atoms with E-state index in [0.29, 0.717) is 27.1 Å². The quantitative estimate of drug-likeness (QED) is 0.313. The molecule has 1 heterocycles. The van der Waals surface area contributed by atoms with Crippen LogP contribution in [0.4, 0.5) is 11.4 Å². The second-order valence-electron chi connectivity index (χ2n) is 6.40. The number of hydrogen-bond acceptors (Lipinski definition) is 7. The highest BCUT2D eigenvalue weighted by atomic mass is 32.2. The number of non-ortho nitro benzene ring substituents is 2. The van der Waals surface area contributed by atoms with E-state index in [1.807, 2.05) is 0 Å². The SMILES string of the molecule is O=[N+]([O-])c1ccc(C=C2CS(=O)(=O)CC(=Cc3ccc([N+](=O)[O-])cc3)C2=S)cc1. The van der Waals surface area contributed by atoms with E-state index in [0.717, 1.165) is 0 Å². The van der Waals surface area contributed by atoms with Gasteiger partial charge in [0, 0.05) is 29.1 Å². The van der Waals surface area contributed by atoms with Crippen molar-refractivity contribution >= 4 is 50.4 Å². The maximum absolute atomic E-state index is 12.4. The lowest BCUT2D eigenvalue weighted by atomic mass is 10.0. The molecule has 0 bridgehead atoms. The normalized spacial score (nSPS) is 18.7. The molecule has 29 heavy (non-hydrogen) atoms. The molecule has 0 aliphatic carbocycles. The predicted molar refractivity (Wildman–Crippen MR) is 113 cm³/mol. The first kappa shape index (κ1) is 20.5. The van der Waals surface area contributed by atoms with Gasteiger partial charge in [0.1, 0.15) is 0 Å². The molecule has 0 atom stereocenters. The van der Waals surface area contributed by atoms with E-state index >= 15 is 0 Å². The highest BCUT2D eigenvalue weighted by molar-refractivity contribution is 7.92. The molecule has 1 aliphatic heterocycles. The summed E-state index contributed by atoms with van der Waals surface area (Å²) in [6, 6.07) is 11.4. The van der Waals surface area contributed by atoms with Crippen LogP contribution in [0, 0.1) is 20.2 Å². The second kappa shape index (κ2) is 8.02. The van der Waals surface area contributed by atoms with Crippen LogP contribution in [-0.2, 0) is 9.84 Å². The minimum absolute atomic E-state index is 0.0650. The molecule has 1 aliphatic rings. The fraction of sp³-hybridized carbons (Fsp3) is 0.105. The van der Waals surface area contributed by atoms with Gasteiger partial charge in [-0.05, 0) is 58.7 Å². The van der Waals surface area contributed by atoms with Crippen LogP contribution < -0.4 is 0 Å². The van der Waals surface area contributed by atoms with E-state index in [9.17, 15) is 28.6 Å². The molecular formula is C19H14N2O6S2. The average molecular weight is 430 g/mol. The van der Waals surface area contributed by atoms with Crippen LogP contribution >= 0.6 is 12.2 Å². The summed E-state index contributed by atoms with van der Waals surface area (Å²) in [7, 11) is -3.44. The molecule has 148 valence electrons. The first-order valence-electron chi connectivity index (χ1n) is 8.30. The lowest BCUT2D eigenvalue weighted by molar-refractivity contribution is -0.385. The predicted octanol–water partition coefficient (Wildman–Crippen LogP) is 3.77. The van der Waals surface area contributed by atoms with Crippen LogP contribution in [0.2, 0.25) is 0 Å². The second-order valence-corrected chi connectivity index (χ2v) is 8.87. The van der Waals surface area contributed by atoms with E-state index in [1.165, 1.54) is 48.5 Å². The fourth-order valence-electron chi connectivity index (χ4n) is 2.86. The van der Waals surface area contributed by atoms with Crippen LogP contribution in [-0.4, -0.2) is 34.6 Å². The van der Waals surface area contributed by atoms with E-state index in [1.54, 1.807) is 12.2 Å². The van der Waals surface area contributed by atoms with Gasteiger partial charge in [0.15, 0.2) is 9.84 Å². The van der Waals surface area contributed by atoms with Crippen molar-refractivity contribution < 1.29 is 18.3 Å². The molecule has 0 aromatic heterocycles. The Morgan fingerprint density at radius 2 is 1.10 bits per heavy atom. The van der Waals surface area contributed by atoms with Gasteiger partial charge in [-0.15, -0.1) is 0 Å². The number of hydrogen-bond donors (Lipinski definition) is 0. The molecule has 10 heteroatoms. The van der Waals surface area contributed by atoms with Crippen molar-refractivity contribution in [3.8, 4) is 0 Å². The van der Waals surface area contributed by atoms with Gasteiger partial charge >= 0.3 is 0 Å². The molecule has 2 aromatic rings. The summed E-state index contributed by atoms with van der Waals surface area (Å²) in [5.41, 5.74) is 1.91. The molecule has 8 nitrogen and oxygen atoms in total. The maximum atomic E-state index is 12.4. The van der Waals surface area contributed by atoms with Gasteiger partial charge in [-0.3, -0.25) is 20.2 Å². The lowest BCUT2D eigenvalue weighted by Crippen LogP contribution is -2.27. The Morgan fingerprint density at radius 3 is 1.41 bits per heavy atom. The summed E-state index contributed by atoms with van der Waals surface area (Å²) in [4.78, 5) is 20.9. The minimum atomic E-state index is -3.44. The standard InChI is InChI=1S/C19H14N2O6S2/c22-20(23)17-5-1-13(2-6-17)9-15-11-29(26,27)12-16(19(15)28)10-14-3-7-18(8-4-14)21(24)25/h1-10H,11-12H2. The van der Waals surface area contributed by atoms with Gasteiger partial charge in [0.25, 0.3) is 11.4 Å². The Labute approximate surface area is 171 Å². The van der Waals surface area contributed by atoms with Crippen molar-refractivity contribution in [3.63, 3.8) is 0 Å². The summed E-state index contributed by atoms with van der Waals surface area (Å²) in [5.74, 6) is -0.444. The maximum Gasteiger partial charge on any atom is 0.269 e. The Balaban J connectivity index is 1.94. The Bertz CT molecular complexity index is 1080. The molecule has 2 aromatic carbocycles. The highest BCUT2D eigenvalue weighted by Gasteiger charge is 2.28. The number of sulfone groups is 1. The van der Waals surface area contributed by atoms with Gasteiger partial charge in [-0.1, -0.05) is 12.2 Å². The van der Waals surface area contributed by atoms with Gasteiger partial charge in [-0.25, -0.2) is 8.42 Å². The zero-order valence-electron chi connectivity index (χ0n) is 14.8. The van der Waals surface area contributed by atoms with Gasteiger partial charge in [-0.2, -0.15) is 0 Å². The first-order valence-corrected chi connectivity index (χ1v) is 10.5. The zero-order valence-corrected chi connectivity index (χ0v) is 16.5. The largest absolute Gasteiger partial charge is 0.269 e. The Morgan fingerprint density at radius 1 is 0.759 bits per heavy atom. The number of nitrogens with zero attached hydrogens (tertiary/aromatic N) is 2. The summed E-state index contributed by atoms with van der Waals surface area (Å²) in [6.45, 7) is 0. The van der Waals surface area contributed by atoms with Crippen molar-refractivity contribution in [3.05, 3.63) is 91.0 Å². The Kier molecular flexibility index (Phi) is 5.66. The average Bonchev–Trinajstić information content (AvgIpc) is 2.66. The summed E-state index contributed by atoms with van der Waals surface area (Å²) in [5, 5.41) is 21.5. The number of rotatable bonds is 4. The molecular weight excluding hydrogens is 416 g/mol. The van der Waals surface area contributed by atoms with Crippen molar-refractivity contribution in [2.45, 2.75) is 0 Å². The third-order valence-corrected chi connectivity index (χ3v) is 6.25. The first-order chi connectivity index (χ1) is 13.6. The third-order valence-electron chi connectivity index (χ3n) is 4.22. The van der Waals surface area contributed by atoms with Gasteiger partial charge < -0.3 is 0 Å².